The minimum atomic E-state index is -0.515. The second-order valence-electron chi connectivity index (χ2n) is 5.78. The van der Waals surface area contributed by atoms with Crippen molar-refractivity contribution < 1.29 is 14.5 Å². The number of carbonyl (C=O) groups is 1. The Labute approximate surface area is 151 Å². The van der Waals surface area contributed by atoms with E-state index in [-0.39, 0.29) is 11.3 Å². The summed E-state index contributed by atoms with van der Waals surface area (Å²) in [7, 11) is 0. The van der Waals surface area contributed by atoms with Crippen molar-refractivity contribution in [3.8, 4) is 0 Å². The van der Waals surface area contributed by atoms with Gasteiger partial charge in [-0.15, -0.1) is 0 Å². The predicted octanol–water partition coefficient (Wildman–Crippen LogP) is 3.15. The van der Waals surface area contributed by atoms with Crippen LogP contribution in [0.1, 0.15) is 15.9 Å². The number of nitro groups is 1. The van der Waals surface area contributed by atoms with E-state index in [2.05, 4.69) is 5.32 Å². The number of hydrogen-bond donors (Lipinski definition) is 1. The summed E-state index contributed by atoms with van der Waals surface area (Å²) in [6, 6.07) is 13.6. The maximum Gasteiger partial charge on any atom is 0.289 e. The van der Waals surface area contributed by atoms with Crippen molar-refractivity contribution >= 4 is 23.4 Å². The quantitative estimate of drug-likeness (QED) is 0.659. The third-order valence-electron chi connectivity index (χ3n) is 4.04. The van der Waals surface area contributed by atoms with Gasteiger partial charge in [0.05, 0.1) is 23.7 Å². The number of anilines is 1. The molecule has 1 aliphatic heterocycles. The highest BCUT2D eigenvalue weighted by Gasteiger charge is 2.23. The molecule has 1 fully saturated rings. The molecule has 0 atom stereocenters. The summed E-state index contributed by atoms with van der Waals surface area (Å²) in [5.41, 5.74) is 0.802. The van der Waals surface area contributed by atoms with E-state index in [4.69, 9.17) is 4.74 Å². The van der Waals surface area contributed by atoms with E-state index in [0.717, 1.165) is 13.1 Å². The van der Waals surface area contributed by atoms with Crippen LogP contribution in [0.2, 0.25) is 0 Å². The van der Waals surface area contributed by atoms with Crippen LogP contribution < -0.4 is 5.32 Å². The van der Waals surface area contributed by atoms with Crippen LogP contribution in [0.4, 0.5) is 11.4 Å². The Kier molecular flexibility index (Phi) is 5.60. The summed E-state index contributed by atoms with van der Waals surface area (Å²) in [6.07, 6.45) is 3.48. The number of rotatable bonds is 5. The van der Waals surface area contributed by atoms with Gasteiger partial charge in [0.15, 0.2) is 0 Å². The van der Waals surface area contributed by atoms with Gasteiger partial charge in [-0.2, -0.15) is 0 Å². The van der Waals surface area contributed by atoms with Crippen LogP contribution in [0, 0.1) is 10.1 Å². The molecule has 0 aliphatic carbocycles. The summed E-state index contributed by atoms with van der Waals surface area (Å²) >= 11 is 0. The number of amides is 1. The van der Waals surface area contributed by atoms with E-state index in [1.165, 1.54) is 6.07 Å². The molecule has 7 nitrogen and oxygen atoms in total. The summed E-state index contributed by atoms with van der Waals surface area (Å²) in [5, 5.41) is 14.3. The molecule has 0 spiro atoms. The Morgan fingerprint density at radius 2 is 1.85 bits per heavy atom. The zero-order valence-corrected chi connectivity index (χ0v) is 14.1. The van der Waals surface area contributed by atoms with Gasteiger partial charge < -0.3 is 15.0 Å². The van der Waals surface area contributed by atoms with E-state index < -0.39 is 10.8 Å². The lowest BCUT2D eigenvalue weighted by Gasteiger charge is -2.24. The van der Waals surface area contributed by atoms with Crippen LogP contribution in [0.15, 0.2) is 54.7 Å². The molecule has 0 aromatic heterocycles. The van der Waals surface area contributed by atoms with Crippen molar-refractivity contribution in [2.45, 2.75) is 0 Å². The van der Waals surface area contributed by atoms with Crippen LogP contribution in [-0.4, -0.2) is 42.0 Å². The zero-order chi connectivity index (χ0) is 18.4. The lowest BCUT2D eigenvalue weighted by Crippen LogP contribution is -2.31. The van der Waals surface area contributed by atoms with Gasteiger partial charge in [0.25, 0.3) is 11.6 Å². The van der Waals surface area contributed by atoms with E-state index >= 15 is 0 Å². The van der Waals surface area contributed by atoms with E-state index in [1.54, 1.807) is 42.5 Å². The van der Waals surface area contributed by atoms with E-state index in [9.17, 15) is 14.9 Å². The van der Waals surface area contributed by atoms with Crippen LogP contribution in [0.25, 0.3) is 6.08 Å². The molecular weight excluding hydrogens is 334 g/mol. The fourth-order valence-electron chi connectivity index (χ4n) is 2.72. The fraction of sp³-hybridized carbons (Fsp3) is 0.211. The maximum atomic E-state index is 12.5. The number of morpholine rings is 1. The van der Waals surface area contributed by atoms with E-state index in [0.29, 0.717) is 24.5 Å². The molecule has 0 radical (unpaired) electrons. The second kappa shape index (κ2) is 8.26. The smallest absolute Gasteiger partial charge is 0.289 e. The first-order valence-electron chi connectivity index (χ1n) is 8.29. The van der Waals surface area contributed by atoms with Crippen LogP contribution in [0.5, 0.6) is 0 Å². The minimum absolute atomic E-state index is 0.0305. The van der Waals surface area contributed by atoms with E-state index in [1.807, 2.05) is 17.2 Å². The van der Waals surface area contributed by atoms with Gasteiger partial charge >= 0.3 is 0 Å². The number of carbonyl (C=O) groups excluding carboxylic acids is 1. The van der Waals surface area contributed by atoms with Gasteiger partial charge in [-0.3, -0.25) is 14.9 Å². The van der Waals surface area contributed by atoms with Crippen molar-refractivity contribution in [2.75, 3.05) is 31.6 Å². The standard InChI is InChI=1S/C19H19N3O4/c23-19(20-16-6-2-1-3-7-16)17-8-4-5-15(18(17)22(24)25)9-10-21-11-13-26-14-12-21/h1-10H,11-14H2,(H,20,23). The average Bonchev–Trinajstić information content (AvgIpc) is 2.67. The van der Waals surface area contributed by atoms with Gasteiger partial charge in [0, 0.05) is 25.0 Å². The van der Waals surface area contributed by atoms with Gasteiger partial charge in [0.1, 0.15) is 5.56 Å². The Morgan fingerprint density at radius 1 is 1.12 bits per heavy atom. The first-order valence-corrected chi connectivity index (χ1v) is 8.29. The number of ether oxygens (including phenoxy) is 1. The van der Waals surface area contributed by atoms with Gasteiger partial charge in [-0.1, -0.05) is 24.3 Å². The van der Waals surface area contributed by atoms with Gasteiger partial charge in [-0.05, 0) is 30.3 Å². The molecule has 3 rings (SSSR count). The molecule has 1 amide bonds. The lowest BCUT2D eigenvalue weighted by molar-refractivity contribution is -0.385. The average molecular weight is 353 g/mol. The molecule has 134 valence electrons. The van der Waals surface area contributed by atoms with Crippen LogP contribution in [-0.2, 0) is 4.74 Å². The van der Waals surface area contributed by atoms with Crippen molar-refractivity contribution in [1.82, 2.24) is 4.90 Å². The minimum Gasteiger partial charge on any atom is -0.378 e. The monoisotopic (exact) mass is 353 g/mol. The molecule has 0 unspecified atom stereocenters. The summed E-state index contributed by atoms with van der Waals surface area (Å²) in [4.78, 5) is 25.7. The first kappa shape index (κ1) is 17.6. The largest absolute Gasteiger partial charge is 0.378 e. The number of benzene rings is 2. The lowest BCUT2D eigenvalue weighted by atomic mass is 10.1. The van der Waals surface area contributed by atoms with Crippen molar-refractivity contribution in [1.29, 1.82) is 0 Å². The SMILES string of the molecule is O=C(Nc1ccccc1)c1cccc(C=CN2CCOCC2)c1[N+](=O)[O-]. The van der Waals surface area contributed by atoms with Gasteiger partial charge in [0.2, 0.25) is 0 Å². The molecule has 7 heteroatoms. The highest BCUT2D eigenvalue weighted by Crippen LogP contribution is 2.26. The second-order valence-corrected chi connectivity index (χ2v) is 5.78. The van der Waals surface area contributed by atoms with Gasteiger partial charge in [-0.25, -0.2) is 0 Å². The van der Waals surface area contributed by atoms with Crippen LogP contribution >= 0.6 is 0 Å². The third kappa shape index (κ3) is 4.25. The molecule has 0 saturated carbocycles. The molecule has 26 heavy (non-hydrogen) atoms. The number of hydrogen-bond acceptors (Lipinski definition) is 5. The zero-order valence-electron chi connectivity index (χ0n) is 14.1. The summed E-state index contributed by atoms with van der Waals surface area (Å²) in [5.74, 6) is -0.510. The molecule has 1 heterocycles. The molecule has 1 saturated heterocycles. The third-order valence-corrected chi connectivity index (χ3v) is 4.04. The number of para-hydroxylation sites is 2. The predicted molar refractivity (Wildman–Crippen MR) is 98.9 cm³/mol. The molecule has 1 aliphatic rings. The maximum absolute atomic E-state index is 12.5. The Balaban J connectivity index is 1.87. The molecule has 2 aromatic rings. The number of nitrogens with zero attached hydrogens (tertiary/aromatic N) is 2. The molecule has 0 bridgehead atoms. The molecule has 1 N–H and O–H groups in total. The Hall–Kier alpha value is -3.19. The number of nitro benzene ring substituents is 1. The molecule has 2 aromatic carbocycles. The molecular formula is C19H19N3O4. The normalized spacial score (nSPS) is 14.4. The Morgan fingerprint density at radius 3 is 2.54 bits per heavy atom. The first-order chi connectivity index (χ1) is 12.6. The van der Waals surface area contributed by atoms with Crippen molar-refractivity contribution in [2.24, 2.45) is 0 Å². The number of nitrogens with one attached hydrogen (secondary N) is 1. The Bertz CT molecular complexity index is 815. The van der Waals surface area contributed by atoms with Crippen molar-refractivity contribution in [3.63, 3.8) is 0 Å². The van der Waals surface area contributed by atoms with Crippen LogP contribution in [0.3, 0.4) is 0 Å². The van der Waals surface area contributed by atoms with Crippen molar-refractivity contribution in [3.05, 3.63) is 76.0 Å². The highest BCUT2D eigenvalue weighted by atomic mass is 16.6. The fourth-order valence-corrected chi connectivity index (χ4v) is 2.72. The topological polar surface area (TPSA) is 84.7 Å². The summed E-state index contributed by atoms with van der Waals surface area (Å²) in [6.45, 7) is 2.73. The highest BCUT2D eigenvalue weighted by molar-refractivity contribution is 6.07. The summed E-state index contributed by atoms with van der Waals surface area (Å²) < 4.78 is 5.28.